The first-order valence-electron chi connectivity index (χ1n) is 10.7. The average molecular weight is 412 g/mol. The van der Waals surface area contributed by atoms with Gasteiger partial charge in [0.05, 0.1) is 18.0 Å². The topological polar surface area (TPSA) is 71.8 Å². The maximum Gasteiger partial charge on any atom is 0.341 e. The summed E-state index contributed by atoms with van der Waals surface area (Å²) in [5.41, 5.74) is 0.456. The van der Waals surface area contributed by atoms with Gasteiger partial charge in [-0.05, 0) is 54.9 Å². The van der Waals surface area contributed by atoms with Gasteiger partial charge in [-0.25, -0.2) is 9.18 Å². The normalized spacial score (nSPS) is 27.1. The number of aromatic nitrogens is 1. The molecule has 6 rings (SSSR count). The molecule has 158 valence electrons. The van der Waals surface area contributed by atoms with Gasteiger partial charge in [0.2, 0.25) is 5.43 Å². The monoisotopic (exact) mass is 412 g/mol. The minimum Gasteiger partial charge on any atom is -0.492 e. The van der Waals surface area contributed by atoms with E-state index >= 15 is 4.39 Å². The Morgan fingerprint density at radius 1 is 1.27 bits per heavy atom. The summed E-state index contributed by atoms with van der Waals surface area (Å²) in [4.78, 5) is 26.7. The summed E-state index contributed by atoms with van der Waals surface area (Å²) in [7, 11) is 1.50. The van der Waals surface area contributed by atoms with Gasteiger partial charge in [-0.15, -0.1) is 0 Å². The van der Waals surface area contributed by atoms with Gasteiger partial charge in [-0.3, -0.25) is 4.79 Å². The molecule has 1 aliphatic heterocycles. The van der Waals surface area contributed by atoms with Gasteiger partial charge in [0.15, 0.2) is 11.6 Å². The Bertz CT molecular complexity index is 1180. The molecule has 4 aliphatic rings. The molecule has 3 aliphatic carbocycles. The van der Waals surface area contributed by atoms with Gasteiger partial charge in [-0.2, -0.15) is 0 Å². The molecule has 2 spiro atoms. The van der Waals surface area contributed by atoms with Crippen molar-refractivity contribution in [2.24, 2.45) is 16.7 Å². The molecule has 2 heterocycles. The Morgan fingerprint density at radius 2 is 1.97 bits per heavy atom. The van der Waals surface area contributed by atoms with E-state index in [-0.39, 0.29) is 27.8 Å². The van der Waals surface area contributed by atoms with Crippen LogP contribution < -0.4 is 15.1 Å². The lowest BCUT2D eigenvalue weighted by Crippen LogP contribution is -2.24. The molecular weight excluding hydrogens is 387 g/mol. The van der Waals surface area contributed by atoms with E-state index in [0.717, 1.165) is 32.4 Å². The molecule has 1 saturated heterocycles. The second-order valence-electron chi connectivity index (χ2n) is 9.95. The van der Waals surface area contributed by atoms with E-state index < -0.39 is 17.2 Å². The third-order valence-electron chi connectivity index (χ3n) is 8.26. The van der Waals surface area contributed by atoms with Gasteiger partial charge in [0, 0.05) is 25.3 Å². The molecule has 2 aromatic rings. The quantitative estimate of drug-likeness (QED) is 0.827. The van der Waals surface area contributed by atoms with Crippen molar-refractivity contribution in [1.82, 2.24) is 4.57 Å². The van der Waals surface area contributed by atoms with Crippen LogP contribution in [0.3, 0.4) is 0 Å². The number of rotatable bonds is 4. The first kappa shape index (κ1) is 18.2. The van der Waals surface area contributed by atoms with Crippen LogP contribution in [0.25, 0.3) is 10.9 Å². The number of benzene rings is 1. The maximum absolute atomic E-state index is 15.4. The molecule has 0 bridgehead atoms. The predicted molar refractivity (Wildman–Crippen MR) is 110 cm³/mol. The number of nitrogens with zero attached hydrogens (tertiary/aromatic N) is 2. The molecule has 2 atom stereocenters. The molecular formula is C23H25FN2O4. The standard InChI is InChI=1S/C23H25FN2O4/c1-12-9-25(11-23(12)5-6-23)18-15(24)7-13-17(20(18)30-2)26(16-8-22(16)3-4-22)10-14(19(13)27)21(28)29/h7,10,12,16H,3-6,8-9,11H2,1-2H3,(H,28,29). The smallest absolute Gasteiger partial charge is 0.341 e. The number of carboxylic acids is 1. The van der Waals surface area contributed by atoms with Crippen molar-refractivity contribution in [2.75, 3.05) is 25.1 Å². The van der Waals surface area contributed by atoms with Crippen molar-refractivity contribution >= 4 is 22.6 Å². The Labute approximate surface area is 173 Å². The molecule has 30 heavy (non-hydrogen) atoms. The lowest BCUT2D eigenvalue weighted by Gasteiger charge is -2.25. The molecule has 1 aromatic carbocycles. The summed E-state index contributed by atoms with van der Waals surface area (Å²) < 4.78 is 23.1. The maximum atomic E-state index is 15.4. The summed E-state index contributed by atoms with van der Waals surface area (Å²) in [6, 6.07) is 1.36. The molecule has 0 amide bonds. The summed E-state index contributed by atoms with van der Waals surface area (Å²) in [5, 5.41) is 9.65. The number of pyridine rings is 1. The molecule has 2 unspecified atom stereocenters. The number of carboxylic acid groups (broad SMARTS) is 1. The Morgan fingerprint density at radius 3 is 2.50 bits per heavy atom. The van der Waals surface area contributed by atoms with Gasteiger partial charge in [-0.1, -0.05) is 6.92 Å². The number of halogens is 1. The fourth-order valence-electron chi connectivity index (χ4n) is 5.85. The van der Waals surface area contributed by atoms with Crippen molar-refractivity contribution in [3.63, 3.8) is 0 Å². The highest BCUT2D eigenvalue weighted by Gasteiger charge is 2.64. The Hall–Kier alpha value is -2.57. The van der Waals surface area contributed by atoms with E-state index in [0.29, 0.717) is 22.9 Å². The lowest BCUT2D eigenvalue weighted by molar-refractivity contribution is 0.0694. The predicted octanol–water partition coefficient (Wildman–Crippen LogP) is 3.81. The molecule has 6 nitrogen and oxygen atoms in total. The number of methoxy groups -OCH3 is 1. The summed E-state index contributed by atoms with van der Waals surface area (Å²) >= 11 is 0. The van der Waals surface area contributed by atoms with Crippen LogP contribution in [0.2, 0.25) is 0 Å². The first-order chi connectivity index (χ1) is 14.3. The summed E-state index contributed by atoms with van der Waals surface area (Å²) in [6.45, 7) is 3.76. The van der Waals surface area contributed by atoms with Crippen LogP contribution in [0.5, 0.6) is 5.75 Å². The third kappa shape index (κ3) is 2.29. The van der Waals surface area contributed by atoms with Crippen LogP contribution in [0.1, 0.15) is 55.4 Å². The Balaban J connectivity index is 1.61. The van der Waals surface area contributed by atoms with E-state index in [1.54, 1.807) is 0 Å². The second-order valence-corrected chi connectivity index (χ2v) is 9.95. The highest BCUT2D eigenvalue weighted by molar-refractivity contribution is 5.97. The number of aromatic carboxylic acids is 1. The highest BCUT2D eigenvalue weighted by atomic mass is 19.1. The minimum absolute atomic E-state index is 0.0871. The number of hydrogen-bond donors (Lipinski definition) is 1. The molecule has 0 radical (unpaired) electrons. The van der Waals surface area contributed by atoms with Crippen LogP contribution in [0.15, 0.2) is 17.1 Å². The summed E-state index contributed by atoms with van der Waals surface area (Å²) in [6.07, 6.45) is 6.96. The van der Waals surface area contributed by atoms with Crippen molar-refractivity contribution < 1.29 is 19.0 Å². The van der Waals surface area contributed by atoms with E-state index in [1.165, 1.54) is 32.2 Å². The molecule has 3 saturated carbocycles. The average Bonchev–Trinajstić information content (AvgIpc) is 3.61. The fourth-order valence-corrected chi connectivity index (χ4v) is 5.85. The van der Waals surface area contributed by atoms with Gasteiger partial charge >= 0.3 is 5.97 Å². The number of hydrogen-bond acceptors (Lipinski definition) is 4. The molecule has 7 heteroatoms. The lowest BCUT2D eigenvalue weighted by atomic mass is 9.95. The van der Waals surface area contributed by atoms with E-state index in [1.807, 2.05) is 4.57 Å². The number of fused-ring (bicyclic) bond motifs is 1. The third-order valence-corrected chi connectivity index (χ3v) is 8.26. The number of anilines is 1. The number of carbonyl (C=O) groups is 1. The largest absolute Gasteiger partial charge is 0.492 e. The minimum atomic E-state index is -1.28. The SMILES string of the molecule is COc1c(N2CC(C)C3(CC3)C2)c(F)cc2c(=O)c(C(=O)O)cn(C3CC34CC4)c12. The summed E-state index contributed by atoms with van der Waals surface area (Å²) in [5.74, 6) is -0.973. The molecule has 1 N–H and O–H groups in total. The van der Waals surface area contributed by atoms with Crippen molar-refractivity contribution in [3.8, 4) is 5.75 Å². The van der Waals surface area contributed by atoms with Crippen molar-refractivity contribution in [1.29, 1.82) is 0 Å². The zero-order chi connectivity index (χ0) is 21.0. The van der Waals surface area contributed by atoms with Crippen LogP contribution in [-0.2, 0) is 0 Å². The van der Waals surface area contributed by atoms with Gasteiger partial charge in [0.1, 0.15) is 11.3 Å². The fraction of sp³-hybridized carbons (Fsp3) is 0.565. The zero-order valence-corrected chi connectivity index (χ0v) is 17.2. The van der Waals surface area contributed by atoms with Crippen molar-refractivity contribution in [2.45, 2.75) is 45.1 Å². The van der Waals surface area contributed by atoms with E-state index in [9.17, 15) is 14.7 Å². The van der Waals surface area contributed by atoms with Crippen LogP contribution in [0, 0.1) is 22.6 Å². The van der Waals surface area contributed by atoms with Crippen LogP contribution in [-0.4, -0.2) is 35.8 Å². The van der Waals surface area contributed by atoms with E-state index in [4.69, 9.17) is 4.74 Å². The van der Waals surface area contributed by atoms with Gasteiger partial charge in [0.25, 0.3) is 0 Å². The molecule has 4 fully saturated rings. The highest BCUT2D eigenvalue weighted by Crippen LogP contribution is 2.73. The van der Waals surface area contributed by atoms with Crippen LogP contribution >= 0.6 is 0 Å². The first-order valence-corrected chi connectivity index (χ1v) is 10.7. The second kappa shape index (κ2) is 5.56. The van der Waals surface area contributed by atoms with Gasteiger partial charge < -0.3 is 19.3 Å². The van der Waals surface area contributed by atoms with Crippen LogP contribution in [0.4, 0.5) is 10.1 Å². The molecule has 1 aromatic heterocycles. The van der Waals surface area contributed by atoms with Crippen molar-refractivity contribution in [3.05, 3.63) is 33.9 Å². The number of ether oxygens (including phenoxy) is 1. The zero-order valence-electron chi connectivity index (χ0n) is 17.2. The Kier molecular flexibility index (Phi) is 3.38. The van der Waals surface area contributed by atoms with E-state index in [2.05, 4.69) is 11.8 Å².